The Morgan fingerprint density at radius 2 is 1.58 bits per heavy atom. The van der Waals surface area contributed by atoms with E-state index in [2.05, 4.69) is 34.7 Å². The number of nitrogens with one attached hydrogen (secondary N) is 2. The summed E-state index contributed by atoms with van der Waals surface area (Å²) in [5.74, 6) is 1.06. The molecule has 0 spiro atoms. The van der Waals surface area contributed by atoms with Gasteiger partial charge >= 0.3 is 0 Å². The minimum Gasteiger partial charge on any atom is -0.489 e. The van der Waals surface area contributed by atoms with Crippen molar-refractivity contribution in [1.29, 1.82) is 5.26 Å². The van der Waals surface area contributed by atoms with Gasteiger partial charge < -0.3 is 44.1 Å². The van der Waals surface area contributed by atoms with Gasteiger partial charge in [0, 0.05) is 52.4 Å². The molecule has 4 heterocycles. The summed E-state index contributed by atoms with van der Waals surface area (Å²) < 4.78 is 30.3. The van der Waals surface area contributed by atoms with Crippen molar-refractivity contribution in [3.05, 3.63) is 80.7 Å². The van der Waals surface area contributed by atoms with Crippen molar-refractivity contribution in [3.8, 4) is 16.8 Å². The van der Waals surface area contributed by atoms with Gasteiger partial charge in [-0.3, -0.25) is 23.9 Å². The number of nitrogens with zero attached hydrogens (tertiary/aromatic N) is 7. The van der Waals surface area contributed by atoms with Gasteiger partial charge in [0.15, 0.2) is 5.82 Å². The largest absolute Gasteiger partial charge is 0.489 e. The Kier molecular flexibility index (Phi) is 18.3. The molecule has 0 bridgehead atoms. The van der Waals surface area contributed by atoms with Crippen LogP contribution in [0.25, 0.3) is 5.00 Å². The number of aryl methyl sites for hydroxylation is 2. The van der Waals surface area contributed by atoms with E-state index in [1.165, 1.54) is 9.78 Å². The van der Waals surface area contributed by atoms with Crippen LogP contribution < -0.4 is 25.2 Å². The van der Waals surface area contributed by atoms with Crippen molar-refractivity contribution in [3.63, 3.8) is 0 Å². The van der Waals surface area contributed by atoms with E-state index in [9.17, 15) is 14.4 Å². The quantitative estimate of drug-likeness (QED) is 0.0716. The molecular formula is C44H53Cl2N9O8S. The molecule has 6 rings (SSSR count). The number of halogens is 2. The molecular weight excluding hydrogens is 886 g/mol. The monoisotopic (exact) mass is 937 g/mol. The fourth-order valence-corrected chi connectivity index (χ4v) is 8.61. The predicted molar refractivity (Wildman–Crippen MR) is 245 cm³/mol. The van der Waals surface area contributed by atoms with E-state index < -0.39 is 6.04 Å². The van der Waals surface area contributed by atoms with Gasteiger partial charge in [-0.15, -0.1) is 33.1 Å². The number of amides is 3. The fourth-order valence-electron chi connectivity index (χ4n) is 7.13. The summed E-state index contributed by atoms with van der Waals surface area (Å²) in [5, 5.41) is 25.2. The van der Waals surface area contributed by atoms with E-state index in [0.717, 1.165) is 38.9 Å². The number of thiophene rings is 1. The minimum atomic E-state index is -0.552. The molecule has 2 aromatic carbocycles. The maximum absolute atomic E-state index is 13.2. The Bertz CT molecular complexity index is 2300. The lowest BCUT2D eigenvalue weighted by Crippen LogP contribution is -2.42. The number of carbonyl (C=O) groups is 3. The van der Waals surface area contributed by atoms with E-state index in [4.69, 9.17) is 57.1 Å². The molecule has 2 aliphatic rings. The van der Waals surface area contributed by atoms with Crippen molar-refractivity contribution in [2.45, 2.75) is 39.7 Å². The number of ether oxygens (including phenoxy) is 5. The summed E-state index contributed by atoms with van der Waals surface area (Å²) in [5.41, 5.74) is 5.17. The Morgan fingerprint density at radius 1 is 0.922 bits per heavy atom. The van der Waals surface area contributed by atoms with Gasteiger partial charge in [0.25, 0.3) is 0 Å². The topological polar surface area (TPSA) is 195 Å². The molecule has 2 N–H and O–H groups in total. The van der Waals surface area contributed by atoms with E-state index in [1.54, 1.807) is 29.5 Å². The Balaban J connectivity index is 0.801. The van der Waals surface area contributed by atoms with E-state index >= 15 is 0 Å². The van der Waals surface area contributed by atoms with Gasteiger partial charge in [0.1, 0.15) is 35.1 Å². The molecule has 64 heavy (non-hydrogen) atoms. The van der Waals surface area contributed by atoms with Crippen LogP contribution in [0.15, 0.2) is 47.5 Å². The molecule has 0 saturated heterocycles. The third-order valence-electron chi connectivity index (χ3n) is 10.4. The summed E-state index contributed by atoms with van der Waals surface area (Å²) in [4.78, 5) is 47.9. The highest BCUT2D eigenvalue weighted by Gasteiger charge is 2.32. The lowest BCUT2D eigenvalue weighted by molar-refractivity contribution is -0.122. The first-order chi connectivity index (χ1) is 31.1. The van der Waals surface area contributed by atoms with Crippen LogP contribution >= 0.6 is 34.5 Å². The second-order valence-electron chi connectivity index (χ2n) is 14.8. The first-order valence-corrected chi connectivity index (χ1v) is 22.8. The number of hydrogen-bond donors (Lipinski definition) is 2. The molecule has 1 atom stereocenters. The summed E-state index contributed by atoms with van der Waals surface area (Å²) in [6.07, 6.45) is 0.261. The second kappa shape index (κ2) is 24.2. The highest BCUT2D eigenvalue weighted by molar-refractivity contribution is 7.15. The van der Waals surface area contributed by atoms with Gasteiger partial charge in [-0.25, -0.2) is 0 Å². The number of aromatic nitrogens is 3. The van der Waals surface area contributed by atoms with Gasteiger partial charge in [-0.2, -0.15) is 5.26 Å². The zero-order chi connectivity index (χ0) is 45.4. The zero-order valence-corrected chi connectivity index (χ0v) is 38.5. The molecule has 3 amide bonds. The van der Waals surface area contributed by atoms with Crippen LogP contribution in [-0.2, 0) is 33.3 Å². The number of alkyl halides is 1. The molecule has 4 aromatic rings. The van der Waals surface area contributed by atoms with E-state index in [1.807, 2.05) is 46.7 Å². The number of benzene rings is 2. The highest BCUT2D eigenvalue weighted by atomic mass is 35.5. The first kappa shape index (κ1) is 48.3. The van der Waals surface area contributed by atoms with Gasteiger partial charge in [-0.1, -0.05) is 23.7 Å². The number of carbonyl (C=O) groups excluding carboxylic acids is 3. The van der Waals surface area contributed by atoms with Crippen LogP contribution in [0, 0.1) is 32.1 Å². The Hall–Kier alpha value is -5.13. The summed E-state index contributed by atoms with van der Waals surface area (Å²) in [6.45, 7) is 11.0. The van der Waals surface area contributed by atoms with E-state index in [0.29, 0.717) is 101 Å². The zero-order valence-electron chi connectivity index (χ0n) is 36.2. The Morgan fingerprint density at radius 3 is 2.23 bits per heavy atom. The lowest BCUT2D eigenvalue weighted by atomic mass is 9.99. The number of aliphatic imine (C=N–C) groups is 1. The van der Waals surface area contributed by atoms with Crippen LogP contribution in [0.2, 0.25) is 5.02 Å². The first-order valence-electron chi connectivity index (χ1n) is 21.0. The van der Waals surface area contributed by atoms with Crippen molar-refractivity contribution in [2.24, 2.45) is 4.99 Å². The molecule has 2 aromatic heterocycles. The van der Waals surface area contributed by atoms with Gasteiger partial charge in [-0.05, 0) is 50.6 Å². The number of nitriles is 1. The van der Waals surface area contributed by atoms with Crippen LogP contribution in [0.5, 0.6) is 5.75 Å². The van der Waals surface area contributed by atoms with Crippen LogP contribution in [0.1, 0.15) is 52.1 Å². The van der Waals surface area contributed by atoms with E-state index in [-0.39, 0.29) is 49.5 Å². The maximum atomic E-state index is 13.2. The SMILES string of the molecule is Cc1sc2c(c1C)C(c1ccc(Cl)cc1)=NC(CC(=O)NCCOCCOCCOCCOCCNC(=O)CN1CCOc3cc(N(CCC#N)C(=O)CCl)ccc31)c1nnc(C)n1-2. The summed E-state index contributed by atoms with van der Waals surface area (Å²) in [6, 6.07) is 14.4. The standard InChI is InChI=1S/C44H53Cl2N9O8S/c1-29-30(2)64-44-41(29)42(32-5-7-33(46)8-6-32)50-35(43-52-51-31(3)55(43)44)26-38(56)48-12-16-59-19-21-61-23-24-62-22-20-60-17-13-49-39(57)28-53-15-18-63-37-25-34(9-10-36(37)53)54(14-4-11-47)40(58)27-45/h5-10,25,35H,4,12-24,26-28H2,1-3H3,(H,48,56)(H,49,57). The van der Waals surface area contributed by atoms with Gasteiger partial charge in [0.2, 0.25) is 17.7 Å². The van der Waals surface area contributed by atoms with Gasteiger partial charge in [0.05, 0.1) is 96.3 Å². The molecule has 342 valence electrons. The second-order valence-corrected chi connectivity index (χ2v) is 16.7. The van der Waals surface area contributed by atoms with Crippen LogP contribution in [0.4, 0.5) is 11.4 Å². The van der Waals surface area contributed by atoms with Crippen LogP contribution in [-0.4, -0.2) is 136 Å². The normalized spacial score (nSPS) is 14.0. The molecule has 0 saturated carbocycles. The molecule has 0 aliphatic carbocycles. The summed E-state index contributed by atoms with van der Waals surface area (Å²) >= 11 is 13.7. The molecule has 2 aliphatic heterocycles. The third-order valence-corrected chi connectivity index (χ3v) is 12.1. The maximum Gasteiger partial charge on any atom is 0.241 e. The van der Waals surface area contributed by atoms with Crippen molar-refractivity contribution >= 4 is 69.3 Å². The van der Waals surface area contributed by atoms with Crippen molar-refractivity contribution in [1.82, 2.24) is 25.4 Å². The average Bonchev–Trinajstić information content (AvgIpc) is 3.77. The van der Waals surface area contributed by atoms with Crippen molar-refractivity contribution in [2.75, 3.05) is 108 Å². The van der Waals surface area contributed by atoms with Crippen LogP contribution in [0.3, 0.4) is 0 Å². The Labute approximate surface area is 386 Å². The molecule has 17 nitrogen and oxygen atoms in total. The average molecular weight is 939 g/mol. The molecule has 1 unspecified atom stereocenters. The number of rotatable bonds is 24. The lowest BCUT2D eigenvalue weighted by Gasteiger charge is -2.32. The number of hydrogen-bond acceptors (Lipinski definition) is 14. The smallest absolute Gasteiger partial charge is 0.241 e. The predicted octanol–water partition coefficient (Wildman–Crippen LogP) is 4.87. The highest BCUT2D eigenvalue weighted by Crippen LogP contribution is 2.40. The fraction of sp³-hybridized carbons (Fsp3) is 0.477. The molecule has 20 heteroatoms. The molecule has 0 radical (unpaired) electrons. The third kappa shape index (κ3) is 12.8. The molecule has 0 fully saturated rings. The number of fused-ring (bicyclic) bond motifs is 4. The minimum absolute atomic E-state index is 0.0925. The van der Waals surface area contributed by atoms with Crippen molar-refractivity contribution < 1.29 is 38.1 Å². The number of anilines is 2. The summed E-state index contributed by atoms with van der Waals surface area (Å²) in [7, 11) is 0.